The highest BCUT2D eigenvalue weighted by atomic mass is 32.1. The maximum absolute atomic E-state index is 13.2. The summed E-state index contributed by atoms with van der Waals surface area (Å²) in [6.45, 7) is 3.88. The summed E-state index contributed by atoms with van der Waals surface area (Å²) in [5.74, 6) is -0.450. The first-order chi connectivity index (χ1) is 16.0. The average Bonchev–Trinajstić information content (AvgIpc) is 3.24. The number of benzene rings is 2. The van der Waals surface area contributed by atoms with Crippen molar-refractivity contribution in [1.29, 1.82) is 0 Å². The predicted octanol–water partition coefficient (Wildman–Crippen LogP) is 5.10. The number of thiol groups is 1. The lowest BCUT2D eigenvalue weighted by molar-refractivity contribution is -0.141. The van der Waals surface area contributed by atoms with Crippen molar-refractivity contribution in [2.24, 2.45) is 5.73 Å². The van der Waals surface area contributed by atoms with E-state index < -0.39 is 17.8 Å². The third-order valence-electron chi connectivity index (χ3n) is 4.92. The highest BCUT2D eigenvalue weighted by molar-refractivity contribution is 7.80. The Morgan fingerprint density at radius 3 is 2.41 bits per heavy atom. The Morgan fingerprint density at radius 1 is 1.09 bits per heavy atom. The van der Waals surface area contributed by atoms with Gasteiger partial charge < -0.3 is 11.1 Å². The predicted molar refractivity (Wildman–Crippen MR) is 125 cm³/mol. The van der Waals surface area contributed by atoms with Crippen LogP contribution in [0, 0.1) is 13.8 Å². The molecule has 0 saturated heterocycles. The van der Waals surface area contributed by atoms with Gasteiger partial charge in [-0.1, -0.05) is 12.1 Å². The second-order valence-corrected chi connectivity index (χ2v) is 8.15. The van der Waals surface area contributed by atoms with Crippen molar-refractivity contribution >= 4 is 30.2 Å². The largest absolute Gasteiger partial charge is 0.435 e. The first-order valence-corrected chi connectivity index (χ1v) is 10.4. The molecule has 4 aromatic rings. The van der Waals surface area contributed by atoms with Crippen LogP contribution in [0.15, 0.2) is 59.8 Å². The number of halogens is 3. The number of primary amides is 1. The molecule has 7 nitrogen and oxygen atoms in total. The molecule has 0 spiro atoms. The SMILES string of the molecule is Cc1cc(C)cc(Nc2ncc(-c3ccc(S)c(C(N)=O)c3)c(-n3ccc(C(F)(F)F)n3)n2)c1. The van der Waals surface area contributed by atoms with Gasteiger partial charge >= 0.3 is 6.18 Å². The lowest BCUT2D eigenvalue weighted by atomic mass is 10.0. The van der Waals surface area contributed by atoms with Crippen LogP contribution in [-0.4, -0.2) is 25.7 Å². The van der Waals surface area contributed by atoms with E-state index in [1.165, 1.54) is 12.3 Å². The third-order valence-corrected chi connectivity index (χ3v) is 5.31. The number of aromatic nitrogens is 4. The molecule has 34 heavy (non-hydrogen) atoms. The lowest BCUT2D eigenvalue weighted by Crippen LogP contribution is -2.12. The quantitative estimate of drug-likeness (QED) is 0.343. The number of hydrogen-bond donors (Lipinski definition) is 3. The van der Waals surface area contributed by atoms with Gasteiger partial charge in [0.25, 0.3) is 0 Å². The molecule has 0 atom stereocenters. The molecule has 0 saturated carbocycles. The summed E-state index contributed by atoms with van der Waals surface area (Å²) in [7, 11) is 0. The monoisotopic (exact) mass is 484 g/mol. The summed E-state index contributed by atoms with van der Waals surface area (Å²) in [6.07, 6.45) is -2.01. The summed E-state index contributed by atoms with van der Waals surface area (Å²) in [4.78, 5) is 20.9. The van der Waals surface area contributed by atoms with Gasteiger partial charge in [-0.15, -0.1) is 12.6 Å². The minimum atomic E-state index is -4.62. The third kappa shape index (κ3) is 4.88. The smallest absolute Gasteiger partial charge is 0.366 e. The highest BCUT2D eigenvalue weighted by Crippen LogP contribution is 2.32. The van der Waals surface area contributed by atoms with Crippen molar-refractivity contribution in [2.45, 2.75) is 24.9 Å². The molecular formula is C23H19F3N6OS. The maximum Gasteiger partial charge on any atom is 0.435 e. The summed E-state index contributed by atoms with van der Waals surface area (Å²) >= 11 is 4.23. The van der Waals surface area contributed by atoms with Crippen LogP contribution in [0.25, 0.3) is 16.9 Å². The van der Waals surface area contributed by atoms with Gasteiger partial charge in [0.15, 0.2) is 11.5 Å². The standard InChI is InChI=1S/C23H19F3N6OS/c1-12-7-13(2)9-15(8-12)29-22-28-11-17(14-3-4-18(34)16(10-14)20(27)33)21(30-22)32-6-5-19(31-32)23(24,25)26/h3-11,34H,1-2H3,(H2,27,33)(H,28,29,30). The van der Waals surface area contributed by atoms with Crippen molar-refractivity contribution in [1.82, 2.24) is 19.7 Å². The van der Waals surface area contributed by atoms with Gasteiger partial charge in [-0.3, -0.25) is 4.79 Å². The molecule has 0 radical (unpaired) electrons. The summed E-state index contributed by atoms with van der Waals surface area (Å²) < 4.78 is 40.6. The summed E-state index contributed by atoms with van der Waals surface area (Å²) in [5.41, 5.74) is 8.09. The van der Waals surface area contributed by atoms with Crippen molar-refractivity contribution in [3.05, 3.63) is 77.2 Å². The van der Waals surface area contributed by atoms with Crippen LogP contribution in [0.2, 0.25) is 0 Å². The van der Waals surface area contributed by atoms with Crippen molar-refractivity contribution in [3.8, 4) is 16.9 Å². The van der Waals surface area contributed by atoms with Gasteiger partial charge in [-0.05, 0) is 60.9 Å². The van der Waals surface area contributed by atoms with Gasteiger partial charge in [0, 0.05) is 28.5 Å². The number of anilines is 2. The van der Waals surface area contributed by atoms with E-state index in [9.17, 15) is 18.0 Å². The molecule has 4 rings (SSSR count). The molecule has 174 valence electrons. The van der Waals surface area contributed by atoms with Crippen LogP contribution in [0.4, 0.5) is 24.8 Å². The van der Waals surface area contributed by atoms with Crippen LogP contribution in [0.1, 0.15) is 27.2 Å². The van der Waals surface area contributed by atoms with Crippen LogP contribution < -0.4 is 11.1 Å². The van der Waals surface area contributed by atoms with E-state index in [0.717, 1.165) is 33.8 Å². The number of alkyl halides is 3. The molecule has 2 heterocycles. The van der Waals surface area contributed by atoms with E-state index in [4.69, 9.17) is 5.73 Å². The maximum atomic E-state index is 13.2. The number of aryl methyl sites for hydroxylation is 2. The molecule has 3 N–H and O–H groups in total. The average molecular weight is 485 g/mol. The molecule has 1 amide bonds. The Hall–Kier alpha value is -3.86. The van der Waals surface area contributed by atoms with E-state index in [2.05, 4.69) is 33.0 Å². The molecule has 0 aliphatic rings. The number of carbonyl (C=O) groups excluding carboxylic acids is 1. The minimum Gasteiger partial charge on any atom is -0.366 e. The van der Waals surface area contributed by atoms with E-state index in [1.807, 2.05) is 32.0 Å². The number of nitrogens with zero attached hydrogens (tertiary/aromatic N) is 4. The zero-order valence-electron chi connectivity index (χ0n) is 18.1. The number of hydrogen-bond acceptors (Lipinski definition) is 6. The van der Waals surface area contributed by atoms with Gasteiger partial charge in [0.2, 0.25) is 11.9 Å². The van der Waals surface area contributed by atoms with Crippen LogP contribution in [0.5, 0.6) is 0 Å². The first kappa shape index (κ1) is 23.3. The Bertz CT molecular complexity index is 1380. The first-order valence-electron chi connectivity index (χ1n) is 10.00. The number of rotatable bonds is 5. The molecular weight excluding hydrogens is 465 g/mol. The van der Waals surface area contributed by atoms with Crippen molar-refractivity contribution in [3.63, 3.8) is 0 Å². The number of nitrogens with one attached hydrogen (secondary N) is 1. The van der Waals surface area contributed by atoms with E-state index in [1.54, 1.807) is 12.1 Å². The number of carbonyl (C=O) groups is 1. The topological polar surface area (TPSA) is 98.7 Å². The Balaban J connectivity index is 1.85. The Labute approximate surface area is 198 Å². The number of amides is 1. The fourth-order valence-corrected chi connectivity index (χ4v) is 3.73. The van der Waals surface area contributed by atoms with Gasteiger partial charge in [-0.2, -0.15) is 23.3 Å². The molecule has 0 unspecified atom stereocenters. The van der Waals surface area contributed by atoms with E-state index in [-0.39, 0.29) is 17.3 Å². The molecule has 11 heteroatoms. The van der Waals surface area contributed by atoms with Gasteiger partial charge in [0.1, 0.15) is 0 Å². The fourth-order valence-electron chi connectivity index (χ4n) is 3.48. The highest BCUT2D eigenvalue weighted by Gasteiger charge is 2.34. The van der Waals surface area contributed by atoms with Crippen LogP contribution in [-0.2, 0) is 6.18 Å². The second kappa shape index (κ2) is 8.82. The van der Waals surface area contributed by atoms with Gasteiger partial charge in [0.05, 0.1) is 5.56 Å². The lowest BCUT2D eigenvalue weighted by Gasteiger charge is -2.13. The molecule has 0 aliphatic heterocycles. The van der Waals surface area contributed by atoms with Crippen LogP contribution >= 0.6 is 12.6 Å². The van der Waals surface area contributed by atoms with Crippen LogP contribution in [0.3, 0.4) is 0 Å². The molecule has 0 aliphatic carbocycles. The Kier molecular flexibility index (Phi) is 6.05. The molecule has 0 bridgehead atoms. The number of nitrogens with two attached hydrogens (primary N) is 1. The zero-order valence-corrected chi connectivity index (χ0v) is 18.9. The van der Waals surface area contributed by atoms with E-state index >= 15 is 0 Å². The van der Waals surface area contributed by atoms with E-state index in [0.29, 0.717) is 16.0 Å². The summed E-state index contributed by atoms with van der Waals surface area (Å²) in [5, 5.41) is 6.73. The van der Waals surface area contributed by atoms with Crippen molar-refractivity contribution < 1.29 is 18.0 Å². The minimum absolute atomic E-state index is 0.0831. The molecule has 0 fully saturated rings. The normalized spacial score (nSPS) is 11.5. The zero-order chi connectivity index (χ0) is 24.6. The molecule has 2 aromatic carbocycles. The fraction of sp³-hybridized carbons (Fsp3) is 0.130. The second-order valence-electron chi connectivity index (χ2n) is 7.67. The summed E-state index contributed by atoms with van der Waals surface area (Å²) in [6, 6.07) is 11.3. The molecule has 2 aromatic heterocycles. The van der Waals surface area contributed by atoms with Crippen molar-refractivity contribution in [2.75, 3.05) is 5.32 Å². The Morgan fingerprint density at radius 2 is 1.79 bits per heavy atom. The van der Waals surface area contributed by atoms with Gasteiger partial charge in [-0.25, -0.2) is 9.67 Å².